The lowest BCUT2D eigenvalue weighted by molar-refractivity contribution is -0.192. The SMILES string of the molecule is CSc1sc(C(=N)N)cc1S(=O)(=O)c1cccc(-c2ccccc2NC(C)=O)c1.O=C(O)C(F)(F)F. The zero-order valence-corrected chi connectivity index (χ0v) is 21.2. The van der Waals surface area contributed by atoms with Gasteiger partial charge >= 0.3 is 12.1 Å². The molecule has 0 radical (unpaired) electrons. The van der Waals surface area contributed by atoms with Crippen LogP contribution >= 0.6 is 23.1 Å². The number of para-hydroxylation sites is 1. The van der Waals surface area contributed by atoms with E-state index in [2.05, 4.69) is 5.32 Å². The Bertz CT molecular complexity index is 1400. The summed E-state index contributed by atoms with van der Waals surface area (Å²) in [6.45, 7) is 1.42. The van der Waals surface area contributed by atoms with Crippen molar-refractivity contribution in [2.45, 2.75) is 27.1 Å². The smallest absolute Gasteiger partial charge is 0.475 e. The van der Waals surface area contributed by atoms with Crippen molar-refractivity contribution < 1.29 is 36.3 Å². The molecule has 5 N–H and O–H groups in total. The van der Waals surface area contributed by atoms with E-state index in [4.69, 9.17) is 21.0 Å². The van der Waals surface area contributed by atoms with Gasteiger partial charge in [0.05, 0.1) is 18.9 Å². The number of carboxylic acid groups (broad SMARTS) is 1. The van der Waals surface area contributed by atoms with Gasteiger partial charge in [0, 0.05) is 18.2 Å². The number of alkyl halides is 3. The number of rotatable bonds is 6. The van der Waals surface area contributed by atoms with Crippen LogP contribution < -0.4 is 11.1 Å². The number of thioether (sulfide) groups is 1. The van der Waals surface area contributed by atoms with E-state index in [1.54, 1.807) is 36.6 Å². The lowest BCUT2D eigenvalue weighted by Gasteiger charge is -2.12. The summed E-state index contributed by atoms with van der Waals surface area (Å²) in [5.74, 6) is -3.13. The van der Waals surface area contributed by atoms with Crippen molar-refractivity contribution in [3.05, 3.63) is 59.5 Å². The highest BCUT2D eigenvalue weighted by atomic mass is 32.2. The fraction of sp³-hybridized carbons (Fsp3) is 0.136. The molecule has 0 saturated carbocycles. The molecular formula is C22H20F3N3O5S3. The maximum Gasteiger partial charge on any atom is 0.490 e. The summed E-state index contributed by atoms with van der Waals surface area (Å²) in [5, 5.41) is 17.5. The van der Waals surface area contributed by atoms with Gasteiger partial charge in [0.25, 0.3) is 0 Å². The number of halogens is 3. The number of hydrogen-bond donors (Lipinski definition) is 4. The van der Waals surface area contributed by atoms with E-state index in [0.29, 0.717) is 20.3 Å². The second-order valence-electron chi connectivity index (χ2n) is 6.94. The number of amidine groups is 1. The number of nitrogens with two attached hydrogens (primary N) is 1. The van der Waals surface area contributed by atoms with E-state index < -0.39 is 22.0 Å². The lowest BCUT2D eigenvalue weighted by atomic mass is 10.0. The van der Waals surface area contributed by atoms with Crippen LogP contribution in [0.15, 0.2) is 68.6 Å². The molecule has 1 heterocycles. The Morgan fingerprint density at radius 2 is 1.72 bits per heavy atom. The summed E-state index contributed by atoms with van der Waals surface area (Å²) < 4.78 is 58.9. The first kappa shape index (κ1) is 28.9. The number of benzene rings is 2. The first-order valence-electron chi connectivity index (χ1n) is 9.73. The topological polar surface area (TPSA) is 150 Å². The van der Waals surface area contributed by atoms with Gasteiger partial charge in [-0.3, -0.25) is 10.2 Å². The molecular weight excluding hydrogens is 539 g/mol. The van der Waals surface area contributed by atoms with Crippen LogP contribution in [0.3, 0.4) is 0 Å². The minimum atomic E-state index is -5.08. The van der Waals surface area contributed by atoms with Crippen LogP contribution in [-0.4, -0.2) is 43.7 Å². The highest BCUT2D eigenvalue weighted by molar-refractivity contribution is 8.01. The van der Waals surface area contributed by atoms with Crippen LogP contribution in [0.25, 0.3) is 11.1 Å². The predicted molar refractivity (Wildman–Crippen MR) is 132 cm³/mol. The molecule has 36 heavy (non-hydrogen) atoms. The molecule has 192 valence electrons. The van der Waals surface area contributed by atoms with Gasteiger partial charge in [0.1, 0.15) is 5.84 Å². The van der Waals surface area contributed by atoms with Crippen LogP contribution in [0.4, 0.5) is 18.9 Å². The molecule has 0 bridgehead atoms. The summed E-state index contributed by atoms with van der Waals surface area (Å²) in [7, 11) is -3.81. The molecule has 0 atom stereocenters. The average molecular weight is 560 g/mol. The summed E-state index contributed by atoms with van der Waals surface area (Å²) in [6.07, 6.45) is -3.30. The number of thiophene rings is 1. The maximum atomic E-state index is 13.3. The van der Waals surface area contributed by atoms with Crippen molar-refractivity contribution >= 4 is 56.3 Å². The zero-order chi connectivity index (χ0) is 27.3. The minimum absolute atomic E-state index is 0.135. The Morgan fingerprint density at radius 1 is 1.11 bits per heavy atom. The molecule has 8 nitrogen and oxygen atoms in total. The van der Waals surface area contributed by atoms with Gasteiger partial charge in [-0.05, 0) is 36.1 Å². The number of carboxylic acids is 1. The summed E-state index contributed by atoms with van der Waals surface area (Å²) in [5.41, 5.74) is 7.54. The molecule has 14 heteroatoms. The molecule has 1 amide bonds. The number of nitrogens with one attached hydrogen (secondary N) is 2. The first-order chi connectivity index (χ1) is 16.7. The number of hydrogen-bond acceptors (Lipinski definition) is 7. The van der Waals surface area contributed by atoms with Crippen molar-refractivity contribution in [3.63, 3.8) is 0 Å². The molecule has 0 aliphatic heterocycles. The highest BCUT2D eigenvalue weighted by Crippen LogP contribution is 2.38. The summed E-state index contributed by atoms with van der Waals surface area (Å²) in [6, 6.07) is 15.3. The Morgan fingerprint density at radius 3 is 2.25 bits per heavy atom. The third kappa shape index (κ3) is 7.08. The van der Waals surface area contributed by atoms with E-state index in [1.807, 2.05) is 12.1 Å². The van der Waals surface area contributed by atoms with Crippen LogP contribution in [0.5, 0.6) is 0 Å². The van der Waals surface area contributed by atoms with E-state index in [9.17, 15) is 26.4 Å². The van der Waals surface area contributed by atoms with Gasteiger partial charge in [-0.25, -0.2) is 13.2 Å². The number of amides is 1. The third-order valence-electron chi connectivity index (χ3n) is 4.34. The number of aliphatic carboxylic acids is 1. The largest absolute Gasteiger partial charge is 0.490 e. The lowest BCUT2D eigenvalue weighted by Crippen LogP contribution is -2.21. The Hall–Kier alpha value is -3.36. The summed E-state index contributed by atoms with van der Waals surface area (Å²) in [4.78, 5) is 21.1. The molecule has 0 unspecified atom stereocenters. The minimum Gasteiger partial charge on any atom is -0.475 e. The van der Waals surface area contributed by atoms with Gasteiger partial charge in [-0.2, -0.15) is 13.2 Å². The van der Waals surface area contributed by atoms with Crippen molar-refractivity contribution in [3.8, 4) is 11.1 Å². The number of nitrogen functional groups attached to an aromatic ring is 1. The third-order valence-corrected chi connectivity index (χ3v) is 8.68. The van der Waals surface area contributed by atoms with Crippen molar-refractivity contribution in [2.24, 2.45) is 5.73 Å². The van der Waals surface area contributed by atoms with Crippen LogP contribution in [0.2, 0.25) is 0 Å². The second kappa shape index (κ2) is 11.6. The molecule has 3 rings (SSSR count). The van der Waals surface area contributed by atoms with Gasteiger partial charge in [-0.15, -0.1) is 23.1 Å². The monoisotopic (exact) mass is 559 g/mol. The number of anilines is 1. The van der Waals surface area contributed by atoms with Crippen molar-refractivity contribution in [2.75, 3.05) is 11.6 Å². The van der Waals surface area contributed by atoms with Gasteiger partial charge in [0.15, 0.2) is 0 Å². The quantitative estimate of drug-likeness (QED) is 0.192. The van der Waals surface area contributed by atoms with E-state index in [0.717, 1.165) is 5.56 Å². The normalized spacial score (nSPS) is 11.2. The zero-order valence-electron chi connectivity index (χ0n) is 18.7. The van der Waals surface area contributed by atoms with Gasteiger partial charge < -0.3 is 16.2 Å². The Kier molecular flexibility index (Phi) is 9.29. The molecule has 0 spiro atoms. The van der Waals surface area contributed by atoms with Crippen LogP contribution in [0.1, 0.15) is 11.8 Å². The van der Waals surface area contributed by atoms with Crippen molar-refractivity contribution in [1.29, 1.82) is 5.41 Å². The molecule has 1 aromatic heterocycles. The van der Waals surface area contributed by atoms with E-state index in [1.165, 1.54) is 42.2 Å². The molecule has 0 aliphatic rings. The van der Waals surface area contributed by atoms with Gasteiger partial charge in [-0.1, -0.05) is 30.3 Å². The van der Waals surface area contributed by atoms with Crippen LogP contribution in [0, 0.1) is 5.41 Å². The van der Waals surface area contributed by atoms with Gasteiger partial charge in [0.2, 0.25) is 15.7 Å². The Balaban J connectivity index is 0.000000572. The number of carbonyl (C=O) groups is 2. The van der Waals surface area contributed by atoms with Crippen LogP contribution in [-0.2, 0) is 19.4 Å². The number of sulfone groups is 1. The molecule has 3 aromatic rings. The van der Waals surface area contributed by atoms with E-state index in [-0.39, 0.29) is 21.5 Å². The molecule has 0 fully saturated rings. The standard InChI is InChI=1S/C20H19N3O3S3.C2HF3O2/c1-12(24)23-16-9-4-3-8-15(16)13-6-5-7-14(10-13)29(25,26)18-11-17(19(21)22)28-20(18)27-2;3-2(4,5)1(6)7/h3-11H,1-2H3,(H3,21,22)(H,23,24);(H,6,7). The second-order valence-corrected chi connectivity index (χ2v) is 11.0. The average Bonchev–Trinajstić information content (AvgIpc) is 3.25. The Labute approximate surface area is 212 Å². The molecule has 2 aromatic carbocycles. The molecule has 0 aliphatic carbocycles. The van der Waals surface area contributed by atoms with E-state index >= 15 is 0 Å². The maximum absolute atomic E-state index is 13.3. The fourth-order valence-corrected chi connectivity index (χ4v) is 6.71. The van der Waals surface area contributed by atoms with Crippen molar-refractivity contribution in [1.82, 2.24) is 0 Å². The fourth-order valence-electron chi connectivity index (χ4n) is 2.81. The molecule has 0 saturated heterocycles. The first-order valence-corrected chi connectivity index (χ1v) is 13.3. The number of carbonyl (C=O) groups excluding carboxylic acids is 1. The highest BCUT2D eigenvalue weighted by Gasteiger charge is 2.38. The summed E-state index contributed by atoms with van der Waals surface area (Å²) >= 11 is 2.49. The predicted octanol–water partition coefficient (Wildman–Crippen LogP) is 4.85.